The van der Waals surface area contributed by atoms with E-state index in [2.05, 4.69) is 55.4 Å². The first kappa shape index (κ1) is 78.1. The van der Waals surface area contributed by atoms with Gasteiger partial charge < -0.3 is 33.8 Å². The summed E-state index contributed by atoms with van der Waals surface area (Å²) in [6.45, 7) is 13.8. The Balaban J connectivity index is 5.23. The van der Waals surface area contributed by atoms with Crippen molar-refractivity contribution in [2.45, 2.75) is 305 Å². The number of esters is 4. The average molecular weight is 1190 g/mol. The molecule has 80 heavy (non-hydrogen) atoms. The number of aliphatic hydroxyl groups excluding tert-OH is 1. The highest BCUT2D eigenvalue weighted by atomic mass is 31.2. The quantitative estimate of drug-likeness (QED) is 0.0222. The first-order chi connectivity index (χ1) is 38.1. The highest BCUT2D eigenvalue weighted by Gasteiger charge is 2.30. The Bertz CT molecular complexity index is 1610. The molecule has 0 aliphatic heterocycles. The molecule has 0 rings (SSSR count). The third-order valence-corrected chi connectivity index (χ3v) is 15.7. The molecule has 0 aromatic rings. The van der Waals surface area contributed by atoms with E-state index >= 15 is 0 Å². The summed E-state index contributed by atoms with van der Waals surface area (Å²) in [5, 5.41) is 10.5. The van der Waals surface area contributed by atoms with Crippen LogP contribution in [0.25, 0.3) is 0 Å². The number of hydrogen-bond acceptors (Lipinski definition) is 15. The molecule has 0 radical (unpaired) electrons. The molecule has 0 fully saturated rings. The van der Waals surface area contributed by atoms with Crippen molar-refractivity contribution in [1.82, 2.24) is 0 Å². The van der Waals surface area contributed by atoms with Crippen molar-refractivity contribution in [2.24, 2.45) is 23.7 Å². The van der Waals surface area contributed by atoms with Crippen LogP contribution in [-0.4, -0.2) is 96.7 Å². The van der Waals surface area contributed by atoms with Crippen molar-refractivity contribution in [1.29, 1.82) is 0 Å². The van der Waals surface area contributed by atoms with E-state index in [1.165, 1.54) is 83.5 Å². The highest BCUT2D eigenvalue weighted by Crippen LogP contribution is 2.45. The van der Waals surface area contributed by atoms with Gasteiger partial charge in [0, 0.05) is 25.7 Å². The molecule has 0 saturated heterocycles. The minimum atomic E-state index is -4.94. The Morgan fingerprint density at radius 1 is 0.312 bits per heavy atom. The van der Waals surface area contributed by atoms with Gasteiger partial charge in [0.05, 0.1) is 26.4 Å². The van der Waals surface area contributed by atoms with Crippen LogP contribution < -0.4 is 0 Å². The first-order valence-electron chi connectivity index (χ1n) is 31.7. The molecule has 19 heteroatoms. The van der Waals surface area contributed by atoms with Crippen molar-refractivity contribution in [3.8, 4) is 0 Å². The van der Waals surface area contributed by atoms with E-state index in [9.17, 15) is 43.2 Å². The summed E-state index contributed by atoms with van der Waals surface area (Å²) < 4.78 is 67.8. The van der Waals surface area contributed by atoms with Crippen LogP contribution in [0.15, 0.2) is 0 Å². The van der Waals surface area contributed by atoms with Gasteiger partial charge >= 0.3 is 39.5 Å². The van der Waals surface area contributed by atoms with Crippen molar-refractivity contribution >= 4 is 39.5 Å². The molecule has 3 unspecified atom stereocenters. The summed E-state index contributed by atoms with van der Waals surface area (Å²) in [4.78, 5) is 72.0. The van der Waals surface area contributed by atoms with Crippen LogP contribution in [0.3, 0.4) is 0 Å². The standard InChI is InChI=1S/C61H118O17P2/c1-51(2)37-29-21-13-10-9-11-15-25-33-41-58(63)71-47-56(77-60(65)43-35-27-19-17-23-31-39-53(5)6)49-75-79(67,68)73-45-55(62)46-74-80(69,70)76-50-57(78-61(66)44-36-28-20-18-24-32-40-54(7)8)48-72-59(64)42-34-26-16-12-14-22-30-38-52(3)4/h51-57,62H,9-50H2,1-8H3,(H,67,68)(H,69,70)/t55?,56-,57-/m1/s1. The van der Waals surface area contributed by atoms with E-state index in [0.717, 1.165) is 102 Å². The Kier molecular flexibility index (Phi) is 50.2. The lowest BCUT2D eigenvalue weighted by molar-refractivity contribution is -0.161. The fraction of sp³-hybridized carbons (Fsp3) is 0.934. The zero-order valence-corrected chi connectivity index (χ0v) is 53.5. The van der Waals surface area contributed by atoms with Gasteiger partial charge in [-0.2, -0.15) is 0 Å². The van der Waals surface area contributed by atoms with Gasteiger partial charge in [-0.25, -0.2) is 9.13 Å². The topological polar surface area (TPSA) is 237 Å². The molecule has 17 nitrogen and oxygen atoms in total. The summed E-state index contributed by atoms with van der Waals surface area (Å²) in [6.07, 6.45) is 29.8. The number of aliphatic hydroxyl groups is 1. The summed E-state index contributed by atoms with van der Waals surface area (Å²) >= 11 is 0. The molecule has 0 spiro atoms. The SMILES string of the molecule is CC(C)CCCCCCCCCCCC(=O)OC[C@H](COP(=O)(O)OCC(O)COP(=O)(O)OC[C@@H](COC(=O)CCCCCCCCCC(C)C)OC(=O)CCCCCCCCC(C)C)OC(=O)CCCCCCCCC(C)C. The molecule has 0 aromatic heterocycles. The lowest BCUT2D eigenvalue weighted by Gasteiger charge is -2.21. The van der Waals surface area contributed by atoms with E-state index < -0.39 is 97.5 Å². The molecule has 474 valence electrons. The maximum Gasteiger partial charge on any atom is 0.472 e. The first-order valence-corrected chi connectivity index (χ1v) is 34.7. The van der Waals surface area contributed by atoms with Gasteiger partial charge in [0.15, 0.2) is 12.2 Å². The zero-order chi connectivity index (χ0) is 59.7. The van der Waals surface area contributed by atoms with Crippen LogP contribution in [0.1, 0.15) is 287 Å². The average Bonchev–Trinajstić information content (AvgIpc) is 3.39. The van der Waals surface area contributed by atoms with Crippen molar-refractivity contribution in [3.05, 3.63) is 0 Å². The molecule has 0 heterocycles. The minimum Gasteiger partial charge on any atom is -0.462 e. The van der Waals surface area contributed by atoms with E-state index in [-0.39, 0.29) is 25.7 Å². The summed E-state index contributed by atoms with van der Waals surface area (Å²) in [6, 6.07) is 0. The van der Waals surface area contributed by atoms with Gasteiger partial charge in [0.25, 0.3) is 0 Å². The normalized spacial score (nSPS) is 14.5. The number of ether oxygens (including phenoxy) is 4. The third-order valence-electron chi connectivity index (χ3n) is 13.8. The van der Waals surface area contributed by atoms with Crippen molar-refractivity contribution < 1.29 is 80.2 Å². The Labute approximate surface area is 486 Å². The Morgan fingerprint density at radius 3 is 0.775 bits per heavy atom. The van der Waals surface area contributed by atoms with E-state index in [4.69, 9.17) is 37.0 Å². The number of unbranched alkanes of at least 4 members (excludes halogenated alkanes) is 24. The van der Waals surface area contributed by atoms with E-state index in [1.54, 1.807) is 0 Å². The molecular weight excluding hydrogens is 1070 g/mol. The number of rotatable bonds is 58. The van der Waals surface area contributed by atoms with Crippen LogP contribution in [-0.2, 0) is 65.4 Å². The van der Waals surface area contributed by atoms with Crippen LogP contribution >= 0.6 is 15.6 Å². The van der Waals surface area contributed by atoms with Gasteiger partial charge in [-0.05, 0) is 49.4 Å². The molecule has 0 saturated carbocycles. The molecule has 0 bridgehead atoms. The second-order valence-corrected chi connectivity index (χ2v) is 26.9. The fourth-order valence-electron chi connectivity index (χ4n) is 8.90. The second-order valence-electron chi connectivity index (χ2n) is 24.0. The van der Waals surface area contributed by atoms with Gasteiger partial charge in [0.2, 0.25) is 0 Å². The van der Waals surface area contributed by atoms with Gasteiger partial charge in [-0.1, -0.05) is 235 Å². The highest BCUT2D eigenvalue weighted by molar-refractivity contribution is 7.47. The molecule has 0 amide bonds. The molecule has 0 aromatic carbocycles. The zero-order valence-electron chi connectivity index (χ0n) is 51.7. The van der Waals surface area contributed by atoms with Gasteiger partial charge in [0.1, 0.15) is 19.3 Å². The Morgan fingerprint density at radius 2 is 0.525 bits per heavy atom. The molecule has 3 N–H and O–H groups in total. The Hall–Kier alpha value is -1.94. The number of phosphoric acid groups is 2. The van der Waals surface area contributed by atoms with Crippen LogP contribution in [0.2, 0.25) is 0 Å². The predicted octanol–water partition coefficient (Wildman–Crippen LogP) is 16.2. The monoisotopic (exact) mass is 1180 g/mol. The van der Waals surface area contributed by atoms with Gasteiger partial charge in [-0.3, -0.25) is 37.3 Å². The summed E-state index contributed by atoms with van der Waals surface area (Å²) in [5.74, 6) is 0.636. The predicted molar refractivity (Wildman–Crippen MR) is 317 cm³/mol. The van der Waals surface area contributed by atoms with E-state index in [0.29, 0.717) is 43.4 Å². The number of phosphoric ester groups is 2. The summed E-state index contributed by atoms with van der Waals surface area (Å²) in [7, 11) is -9.88. The maximum atomic E-state index is 12.9. The number of hydrogen-bond donors (Lipinski definition) is 3. The van der Waals surface area contributed by atoms with Crippen molar-refractivity contribution in [2.75, 3.05) is 39.6 Å². The second kappa shape index (κ2) is 51.5. The van der Waals surface area contributed by atoms with Crippen molar-refractivity contribution in [3.63, 3.8) is 0 Å². The van der Waals surface area contributed by atoms with E-state index in [1.807, 2.05) is 0 Å². The molecule has 0 aliphatic carbocycles. The number of carbonyl (C=O) groups is 4. The maximum absolute atomic E-state index is 12.9. The van der Waals surface area contributed by atoms with Crippen LogP contribution in [0, 0.1) is 23.7 Å². The van der Waals surface area contributed by atoms with Gasteiger partial charge in [-0.15, -0.1) is 0 Å². The minimum absolute atomic E-state index is 0.100. The number of carbonyl (C=O) groups excluding carboxylic acids is 4. The lowest BCUT2D eigenvalue weighted by Crippen LogP contribution is -2.30. The largest absolute Gasteiger partial charge is 0.472 e. The molecular formula is C61H118O17P2. The van der Waals surface area contributed by atoms with Crippen LogP contribution in [0.4, 0.5) is 0 Å². The molecule has 0 aliphatic rings. The van der Waals surface area contributed by atoms with Crippen LogP contribution in [0.5, 0.6) is 0 Å². The molecule has 5 atom stereocenters. The lowest BCUT2D eigenvalue weighted by atomic mass is 10.0. The third kappa shape index (κ3) is 55.3. The smallest absolute Gasteiger partial charge is 0.462 e. The summed E-state index contributed by atoms with van der Waals surface area (Å²) in [5.41, 5.74) is 0. The fourth-order valence-corrected chi connectivity index (χ4v) is 10.5.